The summed E-state index contributed by atoms with van der Waals surface area (Å²) in [6.07, 6.45) is 5.45. The Morgan fingerprint density at radius 1 is 1.28 bits per heavy atom. The predicted octanol–water partition coefficient (Wildman–Crippen LogP) is -0.139. The summed E-state index contributed by atoms with van der Waals surface area (Å²) in [6.45, 7) is -0.590. The van der Waals surface area contributed by atoms with E-state index in [1.807, 2.05) is 7.05 Å². The number of amides is 1. The molecule has 1 atom stereocenters. The van der Waals surface area contributed by atoms with Crippen LogP contribution in [-0.4, -0.2) is 47.3 Å². The maximum atomic E-state index is 11.8. The molecule has 0 spiro atoms. The van der Waals surface area contributed by atoms with Crippen LogP contribution >= 0.6 is 0 Å². The van der Waals surface area contributed by atoms with Gasteiger partial charge in [0.05, 0.1) is 6.61 Å². The highest BCUT2D eigenvalue weighted by Gasteiger charge is 2.33. The summed E-state index contributed by atoms with van der Waals surface area (Å²) in [5.41, 5.74) is -0.221. The van der Waals surface area contributed by atoms with Crippen LogP contribution in [0.15, 0.2) is 0 Å². The lowest BCUT2D eigenvalue weighted by Crippen LogP contribution is -2.51. The molecule has 6 heteroatoms. The molecule has 0 unspecified atom stereocenters. The average molecular weight is 258 g/mol. The van der Waals surface area contributed by atoms with Crippen molar-refractivity contribution in [2.24, 2.45) is 0 Å². The van der Waals surface area contributed by atoms with Gasteiger partial charge in [0.25, 0.3) is 0 Å². The monoisotopic (exact) mass is 258 g/mol. The summed E-state index contributed by atoms with van der Waals surface area (Å²) in [5.74, 6) is -1.54. The Balaban J connectivity index is 2.54. The van der Waals surface area contributed by atoms with Crippen LogP contribution in [0, 0.1) is 0 Å². The van der Waals surface area contributed by atoms with E-state index >= 15 is 0 Å². The van der Waals surface area contributed by atoms with E-state index in [0.29, 0.717) is 0 Å². The normalized spacial score (nSPS) is 20.1. The van der Waals surface area contributed by atoms with Crippen molar-refractivity contribution in [1.29, 1.82) is 0 Å². The molecule has 1 rings (SSSR count). The second kappa shape index (κ2) is 6.70. The summed E-state index contributed by atoms with van der Waals surface area (Å²) in [5, 5.41) is 23.2. The first-order chi connectivity index (χ1) is 8.53. The number of carboxylic acids is 1. The second-order valence-electron chi connectivity index (χ2n) is 4.91. The Bertz CT molecular complexity index is 300. The molecule has 6 nitrogen and oxygen atoms in total. The van der Waals surface area contributed by atoms with Gasteiger partial charge in [-0.25, -0.2) is 4.79 Å². The summed E-state index contributed by atoms with van der Waals surface area (Å²) >= 11 is 0. The lowest BCUT2D eigenvalue weighted by Gasteiger charge is -2.36. The van der Waals surface area contributed by atoms with Gasteiger partial charge in [-0.2, -0.15) is 0 Å². The Hall–Kier alpha value is -1.14. The van der Waals surface area contributed by atoms with Crippen molar-refractivity contribution in [2.45, 2.75) is 50.1 Å². The van der Waals surface area contributed by atoms with Gasteiger partial charge in [0, 0.05) is 12.0 Å². The highest BCUT2D eigenvalue weighted by Crippen LogP contribution is 2.30. The van der Waals surface area contributed by atoms with Gasteiger partial charge >= 0.3 is 5.97 Å². The predicted molar refractivity (Wildman–Crippen MR) is 66.1 cm³/mol. The third-order valence-corrected chi connectivity index (χ3v) is 3.66. The molecular formula is C12H22N2O4. The van der Waals surface area contributed by atoms with Gasteiger partial charge in [0.1, 0.15) is 6.04 Å². The van der Waals surface area contributed by atoms with E-state index in [-0.39, 0.29) is 17.9 Å². The fourth-order valence-corrected chi connectivity index (χ4v) is 2.48. The van der Waals surface area contributed by atoms with Gasteiger partial charge in [-0.05, 0) is 19.9 Å². The molecule has 0 aromatic heterocycles. The molecule has 0 saturated heterocycles. The average Bonchev–Trinajstić information content (AvgIpc) is 2.36. The highest BCUT2D eigenvalue weighted by atomic mass is 16.4. The van der Waals surface area contributed by atoms with E-state index in [9.17, 15) is 9.59 Å². The quantitative estimate of drug-likeness (QED) is 0.531. The minimum absolute atomic E-state index is 0.221. The molecule has 104 valence electrons. The van der Waals surface area contributed by atoms with Crippen LogP contribution < -0.4 is 10.6 Å². The number of hydrogen-bond donors (Lipinski definition) is 4. The Labute approximate surface area is 107 Å². The van der Waals surface area contributed by atoms with Gasteiger partial charge in [-0.1, -0.05) is 19.3 Å². The van der Waals surface area contributed by atoms with Crippen LogP contribution in [0.2, 0.25) is 0 Å². The van der Waals surface area contributed by atoms with Crippen LogP contribution in [-0.2, 0) is 9.59 Å². The summed E-state index contributed by atoms with van der Waals surface area (Å²) < 4.78 is 0. The Morgan fingerprint density at radius 3 is 2.33 bits per heavy atom. The largest absolute Gasteiger partial charge is 0.480 e. The lowest BCUT2D eigenvalue weighted by atomic mass is 9.79. The smallest absolute Gasteiger partial charge is 0.328 e. The molecular weight excluding hydrogens is 236 g/mol. The fourth-order valence-electron chi connectivity index (χ4n) is 2.48. The zero-order valence-corrected chi connectivity index (χ0v) is 10.7. The van der Waals surface area contributed by atoms with Gasteiger partial charge in [-0.3, -0.25) is 4.79 Å². The first kappa shape index (κ1) is 14.9. The van der Waals surface area contributed by atoms with E-state index < -0.39 is 18.6 Å². The maximum Gasteiger partial charge on any atom is 0.328 e. The standard InChI is InChI=1S/C12H22N2O4/c1-13-12(5-3-2-4-6-12)7-10(16)14-9(8-15)11(17)18/h9,13,15H,2-8H2,1H3,(H,14,16)(H,17,18)/t9-/m1/s1. The van der Waals surface area contributed by atoms with Crippen LogP contribution in [0.1, 0.15) is 38.5 Å². The van der Waals surface area contributed by atoms with Gasteiger partial charge in [0.2, 0.25) is 5.91 Å². The van der Waals surface area contributed by atoms with Gasteiger partial charge in [-0.15, -0.1) is 0 Å². The number of carbonyl (C=O) groups excluding carboxylic acids is 1. The zero-order valence-electron chi connectivity index (χ0n) is 10.7. The minimum atomic E-state index is -1.21. The molecule has 0 radical (unpaired) electrons. The highest BCUT2D eigenvalue weighted by molar-refractivity contribution is 5.84. The van der Waals surface area contributed by atoms with Crippen LogP contribution in [0.5, 0.6) is 0 Å². The SMILES string of the molecule is CNC1(CC(=O)N[C@H](CO)C(=O)O)CCCCC1. The molecule has 1 fully saturated rings. The number of aliphatic carboxylic acids is 1. The molecule has 0 aromatic rings. The maximum absolute atomic E-state index is 11.8. The van der Waals surface area contributed by atoms with Crippen molar-refractivity contribution in [3.63, 3.8) is 0 Å². The molecule has 1 amide bonds. The molecule has 1 aliphatic rings. The van der Waals surface area contributed by atoms with Crippen molar-refractivity contribution in [2.75, 3.05) is 13.7 Å². The molecule has 0 heterocycles. The third-order valence-electron chi connectivity index (χ3n) is 3.66. The van der Waals surface area contributed by atoms with E-state index in [1.54, 1.807) is 0 Å². The molecule has 4 N–H and O–H groups in total. The molecule has 1 saturated carbocycles. The van der Waals surface area contributed by atoms with Crippen LogP contribution in [0.3, 0.4) is 0 Å². The van der Waals surface area contributed by atoms with Crippen molar-refractivity contribution < 1.29 is 19.8 Å². The summed E-state index contributed by atoms with van der Waals surface area (Å²) in [4.78, 5) is 22.5. The molecule has 0 aliphatic heterocycles. The first-order valence-electron chi connectivity index (χ1n) is 6.35. The number of aliphatic hydroxyl groups is 1. The fraction of sp³-hybridized carbons (Fsp3) is 0.833. The molecule has 1 aliphatic carbocycles. The van der Waals surface area contributed by atoms with Crippen molar-refractivity contribution in [3.8, 4) is 0 Å². The third kappa shape index (κ3) is 3.96. The molecule has 0 bridgehead atoms. The number of rotatable bonds is 6. The van der Waals surface area contributed by atoms with Crippen molar-refractivity contribution >= 4 is 11.9 Å². The van der Waals surface area contributed by atoms with Gasteiger partial charge < -0.3 is 20.8 Å². The number of carboxylic acid groups (broad SMARTS) is 1. The Kier molecular flexibility index (Phi) is 5.55. The second-order valence-corrected chi connectivity index (χ2v) is 4.91. The number of nitrogens with one attached hydrogen (secondary N) is 2. The summed E-state index contributed by atoms with van der Waals surface area (Å²) in [7, 11) is 1.83. The zero-order chi connectivity index (χ0) is 13.6. The van der Waals surface area contributed by atoms with Crippen molar-refractivity contribution in [3.05, 3.63) is 0 Å². The minimum Gasteiger partial charge on any atom is -0.480 e. The van der Waals surface area contributed by atoms with E-state index in [4.69, 9.17) is 10.2 Å². The van der Waals surface area contributed by atoms with E-state index in [0.717, 1.165) is 25.7 Å². The number of carbonyl (C=O) groups is 2. The number of hydrogen-bond acceptors (Lipinski definition) is 4. The van der Waals surface area contributed by atoms with E-state index in [1.165, 1.54) is 6.42 Å². The van der Waals surface area contributed by atoms with Crippen molar-refractivity contribution in [1.82, 2.24) is 10.6 Å². The van der Waals surface area contributed by atoms with Crippen LogP contribution in [0.25, 0.3) is 0 Å². The topological polar surface area (TPSA) is 98.7 Å². The number of aliphatic hydroxyl groups excluding tert-OH is 1. The first-order valence-corrected chi connectivity index (χ1v) is 6.35. The summed E-state index contributed by atoms with van der Waals surface area (Å²) in [6, 6.07) is -1.21. The lowest BCUT2D eigenvalue weighted by molar-refractivity contribution is -0.143. The molecule has 18 heavy (non-hydrogen) atoms. The molecule has 0 aromatic carbocycles. The Morgan fingerprint density at radius 2 is 1.89 bits per heavy atom. The van der Waals surface area contributed by atoms with E-state index in [2.05, 4.69) is 10.6 Å². The van der Waals surface area contributed by atoms with Crippen LogP contribution in [0.4, 0.5) is 0 Å². The van der Waals surface area contributed by atoms with Gasteiger partial charge in [0.15, 0.2) is 0 Å².